The number of ether oxygens (including phenoxy) is 1. The van der Waals surface area contributed by atoms with Gasteiger partial charge < -0.3 is 14.6 Å². The largest absolute Gasteiger partial charge is 0.478 e. The smallest absolute Gasteiger partial charge is 0.274 e. The van der Waals surface area contributed by atoms with Crippen molar-refractivity contribution in [3.05, 3.63) is 47.4 Å². The normalized spacial score (nSPS) is 9.77. The second kappa shape index (κ2) is 7.22. The third-order valence-corrected chi connectivity index (χ3v) is 2.52. The lowest BCUT2D eigenvalue weighted by atomic mass is 10.3. The van der Waals surface area contributed by atoms with Gasteiger partial charge in [-0.05, 0) is 19.1 Å². The first-order chi connectivity index (χ1) is 10.6. The molecule has 0 aliphatic rings. The second-order valence-corrected chi connectivity index (χ2v) is 4.22. The van der Waals surface area contributed by atoms with Crippen LogP contribution < -0.4 is 10.1 Å². The third kappa shape index (κ3) is 4.31. The number of carbonyl (C=O) groups excluding carboxylic acids is 1. The molecule has 0 atom stereocenters. The minimum absolute atomic E-state index is 0.0819. The molecule has 0 bridgehead atoms. The number of aryl methyl sites for hydroxylation is 1. The van der Waals surface area contributed by atoms with Crippen LogP contribution in [0.4, 0.5) is 8.78 Å². The molecule has 0 saturated heterocycles. The summed E-state index contributed by atoms with van der Waals surface area (Å²) in [5, 5.41) is 6.07. The van der Waals surface area contributed by atoms with E-state index in [2.05, 4.69) is 22.3 Å². The van der Waals surface area contributed by atoms with E-state index < -0.39 is 17.5 Å². The van der Waals surface area contributed by atoms with Gasteiger partial charge in [0.25, 0.3) is 5.91 Å². The highest BCUT2D eigenvalue weighted by molar-refractivity contribution is 5.92. The first-order valence-electron chi connectivity index (χ1n) is 6.31. The molecule has 1 aromatic heterocycles. The number of hydrogen-bond acceptors (Lipinski definition) is 4. The summed E-state index contributed by atoms with van der Waals surface area (Å²) in [5.41, 5.74) is 0.170. The van der Waals surface area contributed by atoms with Crippen molar-refractivity contribution in [2.45, 2.75) is 6.92 Å². The molecule has 2 aromatic rings. The number of amides is 1. The van der Waals surface area contributed by atoms with Crippen molar-refractivity contribution >= 4 is 5.91 Å². The van der Waals surface area contributed by atoms with Crippen LogP contribution in [0.3, 0.4) is 0 Å². The van der Waals surface area contributed by atoms with Crippen molar-refractivity contribution in [2.75, 3.05) is 13.2 Å². The van der Waals surface area contributed by atoms with Gasteiger partial charge in [0.15, 0.2) is 17.3 Å². The van der Waals surface area contributed by atoms with E-state index in [1.54, 1.807) is 6.92 Å². The molecule has 0 fully saturated rings. The number of rotatable bonds is 4. The molecule has 5 nitrogen and oxygen atoms in total. The minimum Gasteiger partial charge on any atom is -0.478 e. The Labute approximate surface area is 125 Å². The van der Waals surface area contributed by atoms with Crippen LogP contribution in [0.5, 0.6) is 5.75 Å². The SMILES string of the molecule is Cc1cc(C(=O)NCC#CCOc2ccc(F)cc2F)no1. The number of nitrogens with zero attached hydrogens (tertiary/aromatic N) is 1. The number of nitrogens with one attached hydrogen (secondary N) is 1. The number of halogens is 2. The molecule has 0 aliphatic carbocycles. The average Bonchev–Trinajstić information content (AvgIpc) is 2.91. The summed E-state index contributed by atoms with van der Waals surface area (Å²) < 4.78 is 35.7. The number of benzene rings is 1. The van der Waals surface area contributed by atoms with E-state index in [0.717, 1.165) is 12.1 Å². The maximum atomic E-state index is 13.2. The van der Waals surface area contributed by atoms with Crippen molar-refractivity contribution in [3.8, 4) is 17.6 Å². The van der Waals surface area contributed by atoms with Gasteiger partial charge in [-0.2, -0.15) is 0 Å². The molecule has 0 aliphatic heterocycles. The van der Waals surface area contributed by atoms with Gasteiger partial charge in [-0.15, -0.1) is 0 Å². The van der Waals surface area contributed by atoms with Gasteiger partial charge in [-0.1, -0.05) is 17.0 Å². The second-order valence-electron chi connectivity index (χ2n) is 4.22. The highest BCUT2D eigenvalue weighted by Gasteiger charge is 2.08. The van der Waals surface area contributed by atoms with Crippen molar-refractivity contribution in [3.63, 3.8) is 0 Å². The Kier molecular flexibility index (Phi) is 5.09. The molecule has 0 radical (unpaired) electrons. The van der Waals surface area contributed by atoms with Crippen molar-refractivity contribution in [1.82, 2.24) is 10.5 Å². The molecule has 22 heavy (non-hydrogen) atoms. The van der Waals surface area contributed by atoms with Crippen LogP contribution >= 0.6 is 0 Å². The molecule has 2 rings (SSSR count). The van der Waals surface area contributed by atoms with E-state index in [0.29, 0.717) is 5.76 Å². The molecule has 0 saturated carbocycles. The molecule has 0 spiro atoms. The van der Waals surface area contributed by atoms with Crippen molar-refractivity contribution in [2.24, 2.45) is 0 Å². The van der Waals surface area contributed by atoms with Crippen LogP contribution in [-0.4, -0.2) is 24.2 Å². The number of hydrogen-bond donors (Lipinski definition) is 1. The van der Waals surface area contributed by atoms with E-state index in [1.807, 2.05) is 0 Å². The van der Waals surface area contributed by atoms with Crippen molar-refractivity contribution in [1.29, 1.82) is 0 Å². The summed E-state index contributed by atoms with van der Waals surface area (Å²) >= 11 is 0. The molecular formula is C15H12F2N2O3. The molecule has 1 aromatic carbocycles. The summed E-state index contributed by atoms with van der Waals surface area (Å²) in [6.07, 6.45) is 0. The van der Waals surface area contributed by atoms with E-state index in [9.17, 15) is 13.6 Å². The fourth-order valence-corrected chi connectivity index (χ4v) is 1.51. The average molecular weight is 306 g/mol. The molecule has 114 valence electrons. The van der Waals surface area contributed by atoms with Crippen LogP contribution in [0.15, 0.2) is 28.8 Å². The first-order valence-corrected chi connectivity index (χ1v) is 6.31. The van der Waals surface area contributed by atoms with Crippen LogP contribution in [-0.2, 0) is 0 Å². The maximum Gasteiger partial charge on any atom is 0.274 e. The predicted octanol–water partition coefficient (Wildman–Crippen LogP) is 2.07. The molecule has 7 heteroatoms. The van der Waals surface area contributed by atoms with Crippen LogP contribution in [0.25, 0.3) is 0 Å². The summed E-state index contributed by atoms with van der Waals surface area (Å²) in [4.78, 5) is 11.6. The van der Waals surface area contributed by atoms with Crippen molar-refractivity contribution < 1.29 is 22.8 Å². The summed E-state index contributed by atoms with van der Waals surface area (Å²) in [6, 6.07) is 4.50. The highest BCUT2D eigenvalue weighted by atomic mass is 19.1. The first kappa shape index (κ1) is 15.5. The van der Waals surface area contributed by atoms with Gasteiger partial charge >= 0.3 is 0 Å². The standard InChI is InChI=1S/C15H12F2N2O3/c1-10-8-13(19-22-10)15(20)18-6-2-3-7-21-14-5-4-11(16)9-12(14)17/h4-5,8-9H,6-7H2,1H3,(H,18,20). The van der Waals surface area contributed by atoms with Gasteiger partial charge in [0.1, 0.15) is 18.2 Å². The highest BCUT2D eigenvalue weighted by Crippen LogP contribution is 2.17. The van der Waals surface area contributed by atoms with Crippen LogP contribution in [0.1, 0.15) is 16.2 Å². The monoisotopic (exact) mass is 306 g/mol. The van der Waals surface area contributed by atoms with Gasteiger partial charge in [-0.25, -0.2) is 8.78 Å². The maximum absolute atomic E-state index is 13.2. The Morgan fingerprint density at radius 2 is 2.18 bits per heavy atom. The Morgan fingerprint density at radius 3 is 2.86 bits per heavy atom. The van der Waals surface area contributed by atoms with Gasteiger partial charge in [0.05, 0.1) is 6.54 Å². The molecule has 1 heterocycles. The Bertz CT molecular complexity index is 732. The quantitative estimate of drug-likeness (QED) is 0.878. The van der Waals surface area contributed by atoms with E-state index in [-0.39, 0.29) is 24.6 Å². The fraction of sp³-hybridized carbons (Fsp3) is 0.200. The molecule has 0 unspecified atom stereocenters. The van der Waals surface area contributed by atoms with Gasteiger partial charge in [0.2, 0.25) is 0 Å². The van der Waals surface area contributed by atoms with E-state index >= 15 is 0 Å². The lowest BCUT2D eigenvalue weighted by Crippen LogP contribution is -2.23. The molecular weight excluding hydrogens is 294 g/mol. The summed E-state index contributed by atoms with van der Waals surface area (Å²) in [6.45, 7) is 1.68. The third-order valence-electron chi connectivity index (χ3n) is 2.52. The van der Waals surface area contributed by atoms with Crippen LogP contribution in [0.2, 0.25) is 0 Å². The lowest BCUT2D eigenvalue weighted by molar-refractivity contribution is 0.0949. The number of aromatic nitrogens is 1. The Morgan fingerprint density at radius 1 is 1.36 bits per heavy atom. The van der Waals surface area contributed by atoms with E-state index in [4.69, 9.17) is 9.26 Å². The van der Waals surface area contributed by atoms with Gasteiger partial charge in [0, 0.05) is 12.1 Å². The number of carbonyl (C=O) groups is 1. The van der Waals surface area contributed by atoms with Crippen LogP contribution in [0, 0.1) is 30.4 Å². The van der Waals surface area contributed by atoms with E-state index in [1.165, 1.54) is 12.1 Å². The topological polar surface area (TPSA) is 64.4 Å². The fourth-order valence-electron chi connectivity index (χ4n) is 1.51. The minimum atomic E-state index is -0.795. The lowest BCUT2D eigenvalue weighted by Gasteiger charge is -2.02. The zero-order valence-corrected chi connectivity index (χ0v) is 11.7. The zero-order chi connectivity index (χ0) is 15.9. The Hall–Kier alpha value is -2.88. The Balaban J connectivity index is 1.74. The summed E-state index contributed by atoms with van der Waals surface area (Å²) in [7, 11) is 0. The molecule has 1 N–H and O–H groups in total. The van der Waals surface area contributed by atoms with Gasteiger partial charge in [-0.3, -0.25) is 4.79 Å². The zero-order valence-electron chi connectivity index (χ0n) is 11.7. The molecule has 1 amide bonds. The predicted molar refractivity (Wildman–Crippen MR) is 73.2 cm³/mol. The summed E-state index contributed by atoms with van der Waals surface area (Å²) in [5.74, 6) is 3.80.